The molecule has 1 atom stereocenters. The molecular weight excluding hydrogens is 288 g/mol. The Kier molecular flexibility index (Phi) is 15.8. The Bertz CT molecular complexity index is 254. The van der Waals surface area contributed by atoms with E-state index in [0.717, 1.165) is 19.3 Å². The van der Waals surface area contributed by atoms with Gasteiger partial charge >= 0.3 is 6.09 Å². The Hall–Kier alpha value is -0.890. The van der Waals surface area contributed by atoms with Crippen LogP contribution in [0, 0.1) is 0 Å². The van der Waals surface area contributed by atoms with Crippen molar-refractivity contribution in [2.45, 2.75) is 39.2 Å². The molecule has 0 aromatic rings. The second-order valence-electron chi connectivity index (χ2n) is 4.88. The molecule has 0 saturated heterocycles. The first-order valence-corrected chi connectivity index (χ1v) is 8.08. The summed E-state index contributed by atoms with van der Waals surface area (Å²) in [6.07, 6.45) is 2.02. The maximum Gasteiger partial charge on any atom is 0.407 e. The number of ether oxygens (including phenoxy) is 4. The van der Waals surface area contributed by atoms with E-state index in [2.05, 4.69) is 5.32 Å². The van der Waals surface area contributed by atoms with Gasteiger partial charge in [-0.1, -0.05) is 6.92 Å². The highest BCUT2D eigenvalue weighted by molar-refractivity contribution is 5.67. The fourth-order valence-corrected chi connectivity index (χ4v) is 1.40. The molecule has 0 rings (SSSR count). The molecule has 0 saturated carbocycles. The molecule has 0 bridgehead atoms. The molecular formula is C15H32N2O5. The van der Waals surface area contributed by atoms with Gasteiger partial charge in [-0.3, -0.25) is 0 Å². The predicted molar refractivity (Wildman–Crippen MR) is 85.0 cm³/mol. The van der Waals surface area contributed by atoms with E-state index < -0.39 is 0 Å². The zero-order chi connectivity index (χ0) is 16.5. The smallest absolute Gasteiger partial charge is 0.407 e. The van der Waals surface area contributed by atoms with Gasteiger partial charge in [-0.15, -0.1) is 0 Å². The quantitative estimate of drug-likeness (QED) is 0.442. The van der Waals surface area contributed by atoms with Gasteiger partial charge in [0.15, 0.2) is 0 Å². The van der Waals surface area contributed by atoms with Crippen LogP contribution in [0.2, 0.25) is 0 Å². The number of carbonyl (C=O) groups excluding carboxylic acids is 1. The fourth-order valence-electron chi connectivity index (χ4n) is 1.40. The lowest BCUT2D eigenvalue weighted by atomic mass is 10.3. The Labute approximate surface area is 133 Å². The Balaban J connectivity index is 3.12. The van der Waals surface area contributed by atoms with E-state index in [0.29, 0.717) is 52.7 Å². The molecule has 7 heteroatoms. The first-order chi connectivity index (χ1) is 10.7. The molecule has 0 aliphatic heterocycles. The summed E-state index contributed by atoms with van der Waals surface area (Å²) in [5.41, 5.74) is 5.35. The third-order valence-electron chi connectivity index (χ3n) is 2.85. The van der Waals surface area contributed by atoms with Crippen LogP contribution in [0.4, 0.5) is 4.79 Å². The molecule has 3 N–H and O–H groups in total. The zero-order valence-electron chi connectivity index (χ0n) is 14.0. The van der Waals surface area contributed by atoms with Crippen LogP contribution in [0.15, 0.2) is 0 Å². The van der Waals surface area contributed by atoms with Gasteiger partial charge < -0.3 is 30.0 Å². The van der Waals surface area contributed by atoms with Crippen molar-refractivity contribution in [3.05, 3.63) is 0 Å². The van der Waals surface area contributed by atoms with E-state index >= 15 is 0 Å². The summed E-state index contributed by atoms with van der Waals surface area (Å²) in [7, 11) is 0. The molecule has 0 aliphatic rings. The number of carbonyl (C=O) groups is 1. The zero-order valence-corrected chi connectivity index (χ0v) is 14.0. The van der Waals surface area contributed by atoms with Crippen LogP contribution < -0.4 is 11.1 Å². The van der Waals surface area contributed by atoms with E-state index in [4.69, 9.17) is 24.7 Å². The number of hydrogen-bond donors (Lipinski definition) is 2. The fraction of sp³-hybridized carbons (Fsp3) is 0.933. The van der Waals surface area contributed by atoms with Crippen LogP contribution in [0.1, 0.15) is 33.1 Å². The van der Waals surface area contributed by atoms with Crippen molar-refractivity contribution in [2.24, 2.45) is 5.73 Å². The lowest BCUT2D eigenvalue weighted by molar-refractivity contribution is 0.0140. The van der Waals surface area contributed by atoms with E-state index in [9.17, 15) is 4.79 Å². The van der Waals surface area contributed by atoms with Gasteiger partial charge in [0.2, 0.25) is 0 Å². The molecule has 132 valence electrons. The third-order valence-corrected chi connectivity index (χ3v) is 2.85. The minimum Gasteiger partial charge on any atom is -0.447 e. The number of rotatable bonds is 15. The van der Waals surface area contributed by atoms with Crippen molar-refractivity contribution >= 4 is 6.09 Å². The van der Waals surface area contributed by atoms with Crippen molar-refractivity contribution in [1.29, 1.82) is 0 Å². The molecule has 0 aliphatic carbocycles. The number of amides is 1. The van der Waals surface area contributed by atoms with Crippen molar-refractivity contribution in [1.82, 2.24) is 5.32 Å². The van der Waals surface area contributed by atoms with E-state index in [1.54, 1.807) is 0 Å². The predicted octanol–water partition coefficient (Wildman–Crippen LogP) is 1.30. The highest BCUT2D eigenvalue weighted by Gasteiger charge is 2.05. The van der Waals surface area contributed by atoms with Crippen LogP contribution in [0.5, 0.6) is 0 Å². The van der Waals surface area contributed by atoms with Crippen LogP contribution in [0.25, 0.3) is 0 Å². The van der Waals surface area contributed by atoms with Gasteiger partial charge in [0, 0.05) is 19.8 Å². The summed E-state index contributed by atoms with van der Waals surface area (Å²) in [5, 5.41) is 2.69. The molecule has 7 nitrogen and oxygen atoms in total. The van der Waals surface area contributed by atoms with E-state index in [1.165, 1.54) is 0 Å². The Morgan fingerprint density at radius 1 is 1.00 bits per heavy atom. The number of nitrogens with two attached hydrogens (primary N) is 1. The van der Waals surface area contributed by atoms with Gasteiger partial charge in [0.05, 0.1) is 26.4 Å². The maximum absolute atomic E-state index is 11.3. The maximum atomic E-state index is 11.3. The average molecular weight is 320 g/mol. The largest absolute Gasteiger partial charge is 0.447 e. The van der Waals surface area contributed by atoms with Gasteiger partial charge in [-0.25, -0.2) is 4.79 Å². The summed E-state index contributed by atoms with van der Waals surface area (Å²) in [5.74, 6) is 0. The summed E-state index contributed by atoms with van der Waals surface area (Å²) in [6, 6.07) is 0. The highest BCUT2D eigenvalue weighted by Crippen LogP contribution is 1.95. The van der Waals surface area contributed by atoms with Gasteiger partial charge in [0.25, 0.3) is 0 Å². The first kappa shape index (κ1) is 21.1. The summed E-state index contributed by atoms with van der Waals surface area (Å²) in [4.78, 5) is 11.3. The number of alkyl carbamates (subject to hydrolysis) is 1. The molecule has 0 radical (unpaired) electrons. The molecule has 0 aromatic carbocycles. The molecule has 22 heavy (non-hydrogen) atoms. The van der Waals surface area contributed by atoms with Crippen molar-refractivity contribution in [3.8, 4) is 0 Å². The highest BCUT2D eigenvalue weighted by atomic mass is 16.6. The molecule has 0 spiro atoms. The van der Waals surface area contributed by atoms with Crippen LogP contribution in [-0.4, -0.2) is 64.9 Å². The minimum absolute atomic E-state index is 0.0484. The Morgan fingerprint density at radius 3 is 2.09 bits per heavy atom. The van der Waals surface area contributed by atoms with Crippen molar-refractivity contribution in [2.75, 3.05) is 52.7 Å². The molecule has 0 fully saturated rings. The topological polar surface area (TPSA) is 92.0 Å². The van der Waals surface area contributed by atoms with Crippen LogP contribution in [-0.2, 0) is 18.9 Å². The standard InChI is InChI=1S/C15H32N2O5/c1-3-14(2)22-15(18)17-7-5-9-20-11-13-21-12-10-19-8-4-6-16/h14H,3-13,16H2,1-2H3,(H,17,18). The summed E-state index contributed by atoms with van der Waals surface area (Å²) >= 11 is 0. The molecule has 1 amide bonds. The van der Waals surface area contributed by atoms with Crippen LogP contribution in [0.3, 0.4) is 0 Å². The molecule has 0 aromatic heterocycles. The monoisotopic (exact) mass is 320 g/mol. The van der Waals surface area contributed by atoms with Gasteiger partial charge in [-0.05, 0) is 32.7 Å². The minimum atomic E-state index is -0.368. The Morgan fingerprint density at radius 2 is 1.55 bits per heavy atom. The molecule has 1 unspecified atom stereocenters. The van der Waals surface area contributed by atoms with Gasteiger partial charge in [0.1, 0.15) is 6.10 Å². The summed E-state index contributed by atoms with van der Waals surface area (Å²) in [6.45, 7) is 8.54. The van der Waals surface area contributed by atoms with E-state index in [1.807, 2.05) is 13.8 Å². The first-order valence-electron chi connectivity index (χ1n) is 8.08. The number of nitrogens with one attached hydrogen (secondary N) is 1. The SMILES string of the molecule is CCC(C)OC(=O)NCCCOCCOCCOCCCN. The normalized spacial score (nSPS) is 12.1. The third kappa shape index (κ3) is 15.5. The van der Waals surface area contributed by atoms with Crippen molar-refractivity contribution in [3.63, 3.8) is 0 Å². The average Bonchev–Trinajstić information content (AvgIpc) is 2.51. The van der Waals surface area contributed by atoms with E-state index in [-0.39, 0.29) is 12.2 Å². The lowest BCUT2D eigenvalue weighted by Crippen LogP contribution is -2.29. The van der Waals surface area contributed by atoms with Gasteiger partial charge in [-0.2, -0.15) is 0 Å². The molecule has 0 heterocycles. The summed E-state index contributed by atoms with van der Waals surface area (Å²) < 4.78 is 21.1. The van der Waals surface area contributed by atoms with Crippen molar-refractivity contribution < 1.29 is 23.7 Å². The van der Waals surface area contributed by atoms with Crippen LogP contribution >= 0.6 is 0 Å². The second-order valence-corrected chi connectivity index (χ2v) is 4.88. The second kappa shape index (κ2) is 16.5. The lowest BCUT2D eigenvalue weighted by Gasteiger charge is -2.11. The number of hydrogen-bond acceptors (Lipinski definition) is 6.